The molecule has 9 heteroatoms. The second kappa shape index (κ2) is 6.28. The van der Waals surface area contributed by atoms with Gasteiger partial charge in [-0.15, -0.1) is 0 Å². The summed E-state index contributed by atoms with van der Waals surface area (Å²) in [4.78, 5) is 22.8. The minimum absolute atomic E-state index is 0.346. The molecule has 0 aromatic carbocycles. The van der Waals surface area contributed by atoms with Crippen molar-refractivity contribution in [2.24, 2.45) is 7.05 Å². The normalized spacial score (nSPS) is 10.8. The highest BCUT2D eigenvalue weighted by molar-refractivity contribution is 5.58. The van der Waals surface area contributed by atoms with Gasteiger partial charge in [0, 0.05) is 31.1 Å². The second-order valence-corrected chi connectivity index (χ2v) is 5.64. The van der Waals surface area contributed by atoms with Crippen molar-refractivity contribution < 1.29 is 4.74 Å². The average Bonchev–Trinajstić information content (AvgIpc) is 3.25. The van der Waals surface area contributed by atoms with Gasteiger partial charge in [0.2, 0.25) is 0 Å². The number of ether oxygens (including phenoxy) is 1. The molecular weight excluding hydrogens is 334 g/mol. The largest absolute Gasteiger partial charge is 0.455 e. The van der Waals surface area contributed by atoms with Crippen LogP contribution in [-0.2, 0) is 7.05 Å². The summed E-state index contributed by atoms with van der Waals surface area (Å²) < 4.78 is 8.84. The van der Waals surface area contributed by atoms with Crippen LogP contribution in [0.3, 0.4) is 0 Å². The Kier molecular flexibility index (Phi) is 3.81. The number of nitrogens with one attached hydrogen (secondary N) is 1. The van der Waals surface area contributed by atoms with E-state index in [1.807, 2.05) is 19.3 Å². The molecule has 0 spiro atoms. The first kappa shape index (κ1) is 15.8. The third-order valence-corrected chi connectivity index (χ3v) is 3.75. The van der Waals surface area contributed by atoms with E-state index in [0.717, 1.165) is 11.3 Å². The van der Waals surface area contributed by atoms with Crippen molar-refractivity contribution in [3.05, 3.63) is 65.4 Å². The van der Waals surface area contributed by atoms with Crippen molar-refractivity contribution in [3.8, 4) is 28.6 Å². The van der Waals surface area contributed by atoms with Crippen LogP contribution in [0.2, 0.25) is 0 Å². The zero-order chi connectivity index (χ0) is 18.1. The first-order valence-electron chi connectivity index (χ1n) is 7.84. The van der Waals surface area contributed by atoms with Gasteiger partial charge in [-0.05, 0) is 25.1 Å². The smallest absolute Gasteiger partial charge is 0.349 e. The summed E-state index contributed by atoms with van der Waals surface area (Å²) >= 11 is 0. The van der Waals surface area contributed by atoms with Crippen LogP contribution in [0, 0.1) is 6.92 Å². The maximum Gasteiger partial charge on any atom is 0.349 e. The van der Waals surface area contributed by atoms with Crippen LogP contribution in [0.15, 0.2) is 54.0 Å². The number of hydrogen-bond donors (Lipinski definition) is 1. The van der Waals surface area contributed by atoms with Gasteiger partial charge < -0.3 is 4.74 Å². The van der Waals surface area contributed by atoms with Crippen molar-refractivity contribution in [3.63, 3.8) is 0 Å². The summed E-state index contributed by atoms with van der Waals surface area (Å²) in [6.45, 7) is 1.81. The Balaban J connectivity index is 1.62. The highest BCUT2D eigenvalue weighted by Crippen LogP contribution is 2.27. The molecule has 4 aromatic rings. The van der Waals surface area contributed by atoms with Gasteiger partial charge in [-0.1, -0.05) is 0 Å². The fourth-order valence-electron chi connectivity index (χ4n) is 2.49. The van der Waals surface area contributed by atoms with Crippen molar-refractivity contribution in [2.75, 3.05) is 0 Å². The lowest BCUT2D eigenvalue weighted by atomic mass is 10.2. The molecule has 0 saturated carbocycles. The molecule has 4 aromatic heterocycles. The number of pyridine rings is 2. The van der Waals surface area contributed by atoms with Crippen LogP contribution in [0.4, 0.5) is 0 Å². The third-order valence-electron chi connectivity index (χ3n) is 3.75. The Bertz CT molecular complexity index is 1130. The molecule has 0 unspecified atom stereocenters. The monoisotopic (exact) mass is 349 g/mol. The van der Waals surface area contributed by atoms with Crippen molar-refractivity contribution in [2.45, 2.75) is 6.92 Å². The predicted molar refractivity (Wildman–Crippen MR) is 93.2 cm³/mol. The third kappa shape index (κ3) is 2.97. The summed E-state index contributed by atoms with van der Waals surface area (Å²) in [7, 11) is 1.85. The van der Waals surface area contributed by atoms with Gasteiger partial charge in [0.15, 0.2) is 5.82 Å². The molecule has 9 nitrogen and oxygen atoms in total. The molecule has 0 saturated heterocycles. The van der Waals surface area contributed by atoms with Crippen molar-refractivity contribution in [1.82, 2.24) is 34.5 Å². The number of hydrogen-bond acceptors (Lipinski definition) is 6. The quantitative estimate of drug-likeness (QED) is 0.603. The number of aromatic amines is 1. The molecule has 4 heterocycles. The van der Waals surface area contributed by atoms with Gasteiger partial charge in [-0.25, -0.2) is 9.78 Å². The maximum absolute atomic E-state index is 11.6. The van der Waals surface area contributed by atoms with E-state index in [-0.39, 0.29) is 5.69 Å². The van der Waals surface area contributed by atoms with E-state index in [9.17, 15) is 4.79 Å². The first-order chi connectivity index (χ1) is 12.6. The predicted octanol–water partition coefficient (Wildman–Crippen LogP) is 1.85. The molecule has 0 atom stereocenters. The van der Waals surface area contributed by atoms with E-state index in [0.29, 0.717) is 23.0 Å². The first-order valence-corrected chi connectivity index (χ1v) is 7.84. The summed E-state index contributed by atoms with van der Waals surface area (Å²) in [5, 5.41) is 8.07. The Labute approximate surface area is 147 Å². The topological polar surface area (TPSA) is 104 Å². The molecule has 0 bridgehead atoms. The Morgan fingerprint density at radius 2 is 2.08 bits per heavy atom. The van der Waals surface area contributed by atoms with Crippen molar-refractivity contribution >= 4 is 0 Å². The molecule has 26 heavy (non-hydrogen) atoms. The van der Waals surface area contributed by atoms with E-state index in [1.54, 1.807) is 42.2 Å². The average molecular weight is 349 g/mol. The minimum Gasteiger partial charge on any atom is -0.455 e. The highest BCUT2D eigenvalue weighted by Gasteiger charge is 2.10. The van der Waals surface area contributed by atoms with Crippen LogP contribution < -0.4 is 10.4 Å². The molecule has 0 radical (unpaired) electrons. The van der Waals surface area contributed by atoms with Crippen LogP contribution in [-0.4, -0.2) is 34.5 Å². The van der Waals surface area contributed by atoms with Crippen molar-refractivity contribution in [1.29, 1.82) is 0 Å². The van der Waals surface area contributed by atoms with E-state index >= 15 is 0 Å². The van der Waals surface area contributed by atoms with Gasteiger partial charge in [0.1, 0.15) is 17.8 Å². The Hall–Kier alpha value is -3.75. The zero-order valence-electron chi connectivity index (χ0n) is 14.1. The molecule has 130 valence electrons. The lowest BCUT2D eigenvalue weighted by Gasteiger charge is -2.10. The summed E-state index contributed by atoms with van der Waals surface area (Å²) in [5.74, 6) is 1.64. The lowest BCUT2D eigenvalue weighted by molar-refractivity contribution is 0.475. The number of rotatable bonds is 4. The molecular formula is C17H15N7O2. The molecule has 0 aliphatic rings. The number of aryl methyl sites for hydroxylation is 2. The van der Waals surface area contributed by atoms with Gasteiger partial charge in [0.25, 0.3) is 0 Å². The molecule has 4 rings (SSSR count). The van der Waals surface area contributed by atoms with E-state index in [1.165, 1.54) is 11.0 Å². The Morgan fingerprint density at radius 1 is 1.19 bits per heavy atom. The van der Waals surface area contributed by atoms with Gasteiger partial charge in [-0.2, -0.15) is 14.9 Å². The number of aromatic nitrogens is 7. The SMILES string of the molecule is Cc1nc(-n2nc[nH]c2=O)ccc1Oc1ccnc(-c2cnn(C)c2)c1. The van der Waals surface area contributed by atoms with Crippen LogP contribution in [0.5, 0.6) is 11.5 Å². The molecule has 0 aliphatic carbocycles. The second-order valence-electron chi connectivity index (χ2n) is 5.64. The molecule has 0 aliphatic heterocycles. The summed E-state index contributed by atoms with van der Waals surface area (Å²) in [6, 6.07) is 7.03. The van der Waals surface area contributed by atoms with Crippen LogP contribution in [0.25, 0.3) is 17.1 Å². The summed E-state index contributed by atoms with van der Waals surface area (Å²) in [5.41, 5.74) is 1.96. The van der Waals surface area contributed by atoms with E-state index in [2.05, 4.69) is 25.1 Å². The van der Waals surface area contributed by atoms with E-state index < -0.39 is 0 Å². The molecule has 0 amide bonds. The zero-order valence-corrected chi connectivity index (χ0v) is 14.1. The Morgan fingerprint density at radius 3 is 2.77 bits per heavy atom. The highest BCUT2D eigenvalue weighted by atomic mass is 16.5. The van der Waals surface area contributed by atoms with Gasteiger partial charge in [0.05, 0.1) is 17.6 Å². The number of H-pyrrole nitrogens is 1. The summed E-state index contributed by atoms with van der Waals surface area (Å²) in [6.07, 6.45) is 6.63. The maximum atomic E-state index is 11.6. The van der Waals surface area contributed by atoms with Gasteiger partial charge in [-0.3, -0.25) is 14.6 Å². The van der Waals surface area contributed by atoms with E-state index in [4.69, 9.17) is 4.74 Å². The minimum atomic E-state index is -0.346. The lowest BCUT2D eigenvalue weighted by Crippen LogP contribution is -2.17. The fourth-order valence-corrected chi connectivity index (χ4v) is 2.49. The fraction of sp³-hybridized carbons (Fsp3) is 0.118. The van der Waals surface area contributed by atoms with Crippen LogP contribution in [0.1, 0.15) is 5.69 Å². The molecule has 0 fully saturated rings. The van der Waals surface area contributed by atoms with Crippen LogP contribution >= 0.6 is 0 Å². The van der Waals surface area contributed by atoms with Gasteiger partial charge >= 0.3 is 5.69 Å². The molecule has 1 N–H and O–H groups in total. The standard InChI is InChI=1S/C17H15N7O2/c1-11-15(3-4-16(22-11)24-17(25)19-10-21-24)26-13-5-6-18-14(7-13)12-8-20-23(2)9-12/h3-10H,1-2H3,(H,19,21,25). The number of nitrogens with zero attached hydrogens (tertiary/aromatic N) is 6.